The maximum absolute atomic E-state index is 10.7. The molecule has 4 nitrogen and oxygen atoms in total. The van der Waals surface area contributed by atoms with Crippen molar-refractivity contribution in [3.8, 4) is 0 Å². The Kier molecular flexibility index (Phi) is 3.40. The Morgan fingerprint density at radius 1 is 1.38 bits per heavy atom. The summed E-state index contributed by atoms with van der Waals surface area (Å²) in [6.45, 7) is 0. The van der Waals surface area contributed by atoms with Gasteiger partial charge in [-0.25, -0.2) is 0 Å². The molecule has 1 aromatic rings. The van der Waals surface area contributed by atoms with Gasteiger partial charge in [0.25, 0.3) is 5.24 Å². The van der Waals surface area contributed by atoms with Gasteiger partial charge in [-0.3, -0.25) is 4.79 Å². The maximum Gasteiger partial charge on any atom is 0.252 e. The number of halogens is 1. The molecule has 0 unspecified atom stereocenters. The smallest absolute Gasteiger partial charge is 0.252 e. The summed E-state index contributed by atoms with van der Waals surface area (Å²) in [5.74, 6) is 0. The van der Waals surface area contributed by atoms with Gasteiger partial charge in [0, 0.05) is 10.8 Å². The lowest BCUT2D eigenvalue weighted by Crippen LogP contribution is -1.85. The zero-order valence-electron chi connectivity index (χ0n) is 6.90. The molecule has 0 saturated heterocycles. The van der Waals surface area contributed by atoms with Gasteiger partial charge >= 0.3 is 0 Å². The van der Waals surface area contributed by atoms with Gasteiger partial charge in [0.1, 0.15) is 7.11 Å². The van der Waals surface area contributed by atoms with E-state index in [4.69, 9.17) is 11.6 Å². The predicted molar refractivity (Wildman–Crippen MR) is 48.2 cm³/mol. The van der Waals surface area contributed by atoms with Gasteiger partial charge < -0.3 is 4.84 Å². The fraction of sp³-hybridized carbons (Fsp3) is 0.125. The molecular weight excluding hydrogens is 192 g/mol. The molecule has 0 saturated carbocycles. The summed E-state index contributed by atoms with van der Waals surface area (Å²) < 4.78 is 0. The van der Waals surface area contributed by atoms with E-state index in [0.29, 0.717) is 11.3 Å². The molecule has 5 heteroatoms. The number of nitrogens with zero attached hydrogens (tertiary/aromatic N) is 2. The van der Waals surface area contributed by atoms with Crippen LogP contribution in [0.15, 0.2) is 34.7 Å². The van der Waals surface area contributed by atoms with E-state index in [1.165, 1.54) is 7.11 Å². The first-order chi connectivity index (χ1) is 6.24. The van der Waals surface area contributed by atoms with Crippen LogP contribution < -0.4 is 0 Å². The summed E-state index contributed by atoms with van der Waals surface area (Å²) in [5.41, 5.74) is 1.03. The number of carbonyl (C=O) groups is 1. The predicted octanol–water partition coefficient (Wildman–Crippen LogP) is 2.71. The van der Waals surface area contributed by atoms with Crippen LogP contribution in [0.4, 0.5) is 5.69 Å². The van der Waals surface area contributed by atoms with E-state index in [0.717, 1.165) is 0 Å². The average molecular weight is 199 g/mol. The van der Waals surface area contributed by atoms with E-state index in [2.05, 4.69) is 15.2 Å². The number of hydrogen-bond donors (Lipinski definition) is 0. The van der Waals surface area contributed by atoms with Crippen molar-refractivity contribution in [3.63, 3.8) is 0 Å². The minimum absolute atomic E-state index is 0.429. The van der Waals surface area contributed by atoms with Gasteiger partial charge in [-0.2, -0.15) is 0 Å². The van der Waals surface area contributed by atoms with Crippen LogP contribution in [0.3, 0.4) is 0 Å². The first-order valence-electron chi connectivity index (χ1n) is 3.48. The SMILES string of the molecule is CON=Nc1ccc(C(=O)Cl)cc1. The van der Waals surface area contributed by atoms with Gasteiger partial charge in [-0.05, 0) is 35.9 Å². The molecule has 0 radical (unpaired) electrons. The molecule has 13 heavy (non-hydrogen) atoms. The fourth-order valence-corrected chi connectivity index (χ4v) is 0.873. The highest BCUT2D eigenvalue weighted by molar-refractivity contribution is 6.67. The second-order valence-electron chi connectivity index (χ2n) is 2.18. The summed E-state index contributed by atoms with van der Waals surface area (Å²) in [6, 6.07) is 6.38. The van der Waals surface area contributed by atoms with Crippen molar-refractivity contribution in [2.75, 3.05) is 7.11 Å². The minimum Gasteiger partial charge on any atom is -0.383 e. The van der Waals surface area contributed by atoms with Crippen molar-refractivity contribution in [1.29, 1.82) is 0 Å². The average Bonchev–Trinajstić information content (AvgIpc) is 2.15. The van der Waals surface area contributed by atoms with E-state index >= 15 is 0 Å². The number of benzene rings is 1. The quantitative estimate of drug-likeness (QED) is 0.426. The summed E-state index contributed by atoms with van der Waals surface area (Å²) in [5, 5.41) is 6.51. The Morgan fingerprint density at radius 3 is 2.46 bits per heavy atom. The van der Waals surface area contributed by atoms with E-state index < -0.39 is 5.24 Å². The molecule has 1 aromatic carbocycles. The molecule has 0 aliphatic carbocycles. The molecule has 0 spiro atoms. The highest BCUT2D eigenvalue weighted by Crippen LogP contribution is 2.14. The Bertz CT molecular complexity index is 321. The molecule has 0 N–H and O–H groups in total. The van der Waals surface area contributed by atoms with Gasteiger partial charge in [-0.1, -0.05) is 0 Å². The van der Waals surface area contributed by atoms with E-state index in [1.807, 2.05) is 0 Å². The topological polar surface area (TPSA) is 51.0 Å². The highest BCUT2D eigenvalue weighted by Gasteiger charge is 1.99. The zero-order chi connectivity index (χ0) is 9.68. The first-order valence-corrected chi connectivity index (χ1v) is 3.86. The van der Waals surface area contributed by atoms with Crippen molar-refractivity contribution in [2.24, 2.45) is 10.4 Å². The summed E-state index contributed by atoms with van der Waals surface area (Å²) in [7, 11) is 1.40. The maximum atomic E-state index is 10.7. The lowest BCUT2D eigenvalue weighted by atomic mass is 10.2. The van der Waals surface area contributed by atoms with Crippen molar-refractivity contribution in [2.45, 2.75) is 0 Å². The van der Waals surface area contributed by atoms with Crippen LogP contribution in [0.25, 0.3) is 0 Å². The van der Waals surface area contributed by atoms with Gasteiger partial charge in [0.15, 0.2) is 0 Å². The van der Waals surface area contributed by atoms with Crippen LogP contribution in [0.5, 0.6) is 0 Å². The minimum atomic E-state index is -0.491. The van der Waals surface area contributed by atoms with Crippen LogP contribution in [0, 0.1) is 0 Å². The Morgan fingerprint density at radius 2 is 2.00 bits per heavy atom. The van der Waals surface area contributed by atoms with Gasteiger partial charge in [0.2, 0.25) is 0 Å². The van der Waals surface area contributed by atoms with Crippen LogP contribution in [0.1, 0.15) is 10.4 Å². The molecule has 0 aromatic heterocycles. The van der Waals surface area contributed by atoms with Crippen molar-refractivity contribution in [1.82, 2.24) is 0 Å². The van der Waals surface area contributed by atoms with Crippen LogP contribution in [-0.2, 0) is 4.84 Å². The first kappa shape index (κ1) is 9.67. The lowest BCUT2D eigenvalue weighted by Gasteiger charge is -1.93. The molecule has 0 fully saturated rings. The molecule has 0 aliphatic heterocycles. The van der Waals surface area contributed by atoms with E-state index in [1.54, 1.807) is 24.3 Å². The standard InChI is InChI=1S/C8H7ClN2O2/c1-13-11-10-7-4-2-6(3-5-7)8(9)12/h2-5H,1H3. The normalized spacial score (nSPS) is 10.3. The van der Waals surface area contributed by atoms with Crippen molar-refractivity contribution < 1.29 is 9.63 Å². The van der Waals surface area contributed by atoms with E-state index in [9.17, 15) is 4.79 Å². The third-order valence-corrected chi connectivity index (χ3v) is 1.55. The van der Waals surface area contributed by atoms with Crippen molar-refractivity contribution in [3.05, 3.63) is 29.8 Å². The summed E-state index contributed by atoms with van der Waals surface area (Å²) in [6.07, 6.45) is 0. The monoisotopic (exact) mass is 198 g/mol. The van der Waals surface area contributed by atoms with Crippen molar-refractivity contribution >= 4 is 22.5 Å². The number of rotatable bonds is 3. The Labute approximate surface area is 80.1 Å². The largest absolute Gasteiger partial charge is 0.383 e. The molecule has 0 bridgehead atoms. The molecule has 0 heterocycles. The molecule has 1 rings (SSSR count). The van der Waals surface area contributed by atoms with Gasteiger partial charge in [0.05, 0.1) is 5.69 Å². The van der Waals surface area contributed by atoms with Crippen LogP contribution >= 0.6 is 11.6 Å². The summed E-state index contributed by atoms with van der Waals surface area (Å²) >= 11 is 5.24. The second kappa shape index (κ2) is 4.57. The lowest BCUT2D eigenvalue weighted by molar-refractivity contribution is 0.108. The third-order valence-electron chi connectivity index (χ3n) is 1.33. The molecule has 0 amide bonds. The Balaban J connectivity index is 2.81. The Hall–Kier alpha value is -1.42. The van der Waals surface area contributed by atoms with E-state index in [-0.39, 0.29) is 0 Å². The zero-order valence-corrected chi connectivity index (χ0v) is 7.65. The molecule has 68 valence electrons. The van der Waals surface area contributed by atoms with Gasteiger partial charge in [-0.15, -0.1) is 5.11 Å². The molecular formula is C8H7ClN2O2. The molecule has 0 aliphatic rings. The second-order valence-corrected chi connectivity index (χ2v) is 2.53. The molecule has 0 atom stereocenters. The van der Waals surface area contributed by atoms with Crippen LogP contribution in [0.2, 0.25) is 0 Å². The third kappa shape index (κ3) is 2.83. The van der Waals surface area contributed by atoms with Crippen LogP contribution in [-0.4, -0.2) is 12.4 Å². The summed E-state index contributed by atoms with van der Waals surface area (Å²) in [4.78, 5) is 15.0. The number of hydrogen-bond acceptors (Lipinski definition) is 4. The fourth-order valence-electron chi connectivity index (χ4n) is 0.747. The number of carbonyl (C=O) groups excluding carboxylic acids is 1. The highest BCUT2D eigenvalue weighted by atomic mass is 35.5.